The van der Waals surface area contributed by atoms with Crippen LogP contribution in [0.1, 0.15) is 19.5 Å². The third-order valence-electron chi connectivity index (χ3n) is 2.34. The molecule has 5 nitrogen and oxygen atoms in total. The van der Waals surface area contributed by atoms with Gasteiger partial charge in [-0.05, 0) is 26.0 Å². The van der Waals surface area contributed by atoms with Gasteiger partial charge in [-0.15, -0.1) is 24.0 Å². The summed E-state index contributed by atoms with van der Waals surface area (Å²) in [5.74, 6) is 1.79. The summed E-state index contributed by atoms with van der Waals surface area (Å²) in [5, 5.41) is 6.38. The summed E-state index contributed by atoms with van der Waals surface area (Å²) < 4.78 is 0. The lowest BCUT2D eigenvalue weighted by Crippen LogP contribution is -2.37. The van der Waals surface area contributed by atoms with Gasteiger partial charge in [0.1, 0.15) is 5.82 Å². The smallest absolute Gasteiger partial charge is 0.191 e. The maximum absolute atomic E-state index is 4.53. The van der Waals surface area contributed by atoms with Crippen molar-refractivity contribution in [2.45, 2.75) is 20.4 Å². The maximum Gasteiger partial charge on any atom is 0.191 e. The number of guanidine groups is 1. The minimum atomic E-state index is 0. The number of anilines is 1. The molecule has 0 bridgehead atoms. The molecule has 1 rings (SSSR count). The van der Waals surface area contributed by atoms with Crippen LogP contribution >= 0.6 is 24.0 Å². The van der Waals surface area contributed by atoms with E-state index in [-0.39, 0.29) is 24.0 Å². The molecular formula is C13H24IN5. The van der Waals surface area contributed by atoms with E-state index in [1.807, 2.05) is 37.2 Å². The van der Waals surface area contributed by atoms with Gasteiger partial charge < -0.3 is 15.5 Å². The highest BCUT2D eigenvalue weighted by Crippen LogP contribution is 2.08. The van der Waals surface area contributed by atoms with Gasteiger partial charge in [-0.3, -0.25) is 0 Å². The van der Waals surface area contributed by atoms with Crippen molar-refractivity contribution >= 4 is 35.8 Å². The van der Waals surface area contributed by atoms with Gasteiger partial charge in [0.05, 0.1) is 12.2 Å². The number of nitrogens with one attached hydrogen (secondary N) is 2. The maximum atomic E-state index is 4.53. The van der Waals surface area contributed by atoms with E-state index in [1.54, 1.807) is 0 Å². The third-order valence-corrected chi connectivity index (χ3v) is 2.34. The Balaban J connectivity index is 0.00000324. The molecule has 0 spiro atoms. The average Bonchev–Trinajstić information content (AvgIpc) is 2.37. The highest BCUT2D eigenvalue weighted by Gasteiger charge is 2.00. The van der Waals surface area contributed by atoms with Crippen LogP contribution in [0.2, 0.25) is 0 Å². The minimum Gasteiger partial charge on any atom is -0.363 e. The lowest BCUT2D eigenvalue weighted by Gasteiger charge is -2.12. The molecule has 0 aliphatic rings. The normalized spacial score (nSPS) is 9.26. The molecule has 19 heavy (non-hydrogen) atoms. The van der Waals surface area contributed by atoms with Crippen molar-refractivity contribution in [2.24, 2.45) is 4.99 Å². The van der Waals surface area contributed by atoms with Crippen molar-refractivity contribution in [3.05, 3.63) is 23.9 Å². The molecule has 0 aromatic carbocycles. The molecule has 2 N–H and O–H groups in total. The summed E-state index contributed by atoms with van der Waals surface area (Å²) in [6, 6.07) is 5.99. The van der Waals surface area contributed by atoms with Gasteiger partial charge in [0.2, 0.25) is 0 Å². The van der Waals surface area contributed by atoms with Crippen molar-refractivity contribution < 1.29 is 0 Å². The first kappa shape index (κ1) is 17.9. The molecule has 1 aromatic heterocycles. The summed E-state index contributed by atoms with van der Waals surface area (Å²) in [6.45, 7) is 6.40. The van der Waals surface area contributed by atoms with Gasteiger partial charge in [-0.25, -0.2) is 9.98 Å². The fraction of sp³-hybridized carbons (Fsp3) is 0.538. The molecule has 0 fully saturated rings. The van der Waals surface area contributed by atoms with Crippen LogP contribution in [0.25, 0.3) is 0 Å². The molecule has 0 amide bonds. The Morgan fingerprint density at radius 1 is 1.21 bits per heavy atom. The number of hydrogen-bond acceptors (Lipinski definition) is 3. The zero-order chi connectivity index (χ0) is 13.4. The van der Waals surface area contributed by atoms with Crippen LogP contribution in [0, 0.1) is 0 Å². The van der Waals surface area contributed by atoms with E-state index in [1.165, 1.54) is 0 Å². The molecule has 1 heterocycles. The van der Waals surface area contributed by atoms with E-state index >= 15 is 0 Å². The molecular weight excluding hydrogens is 353 g/mol. The van der Waals surface area contributed by atoms with Crippen molar-refractivity contribution in [1.82, 2.24) is 15.6 Å². The Morgan fingerprint density at radius 3 is 2.37 bits per heavy atom. The molecule has 0 aliphatic heterocycles. The number of rotatable bonds is 5. The second-order valence-electron chi connectivity index (χ2n) is 4.11. The Kier molecular flexibility index (Phi) is 9.28. The zero-order valence-electron chi connectivity index (χ0n) is 12.1. The van der Waals surface area contributed by atoms with Crippen molar-refractivity contribution in [3.63, 3.8) is 0 Å². The average molecular weight is 377 g/mol. The summed E-state index contributed by atoms with van der Waals surface area (Å²) in [7, 11) is 3.97. The van der Waals surface area contributed by atoms with Crippen LogP contribution in [0.15, 0.2) is 23.2 Å². The first-order valence-electron chi connectivity index (χ1n) is 6.32. The predicted molar refractivity (Wildman–Crippen MR) is 92.5 cm³/mol. The van der Waals surface area contributed by atoms with Gasteiger partial charge in [0.25, 0.3) is 0 Å². The Hall–Kier alpha value is -1.05. The van der Waals surface area contributed by atoms with Gasteiger partial charge >= 0.3 is 0 Å². The molecule has 108 valence electrons. The standard InChI is InChI=1S/C13H23N5.HI/c1-5-14-13(15-6-2)16-10-11-8-7-9-12(17-11)18(3)4;/h7-9H,5-6,10H2,1-4H3,(H2,14,15,16);1H. The third kappa shape index (κ3) is 6.60. The SMILES string of the molecule is CCNC(=NCc1cccc(N(C)C)n1)NCC.I. The molecule has 0 aliphatic carbocycles. The molecule has 0 unspecified atom stereocenters. The fourth-order valence-electron chi connectivity index (χ4n) is 1.47. The number of nitrogens with zero attached hydrogens (tertiary/aromatic N) is 3. The van der Waals surface area contributed by atoms with Gasteiger partial charge in [-0.1, -0.05) is 6.07 Å². The van der Waals surface area contributed by atoms with E-state index < -0.39 is 0 Å². The van der Waals surface area contributed by atoms with E-state index in [9.17, 15) is 0 Å². The second-order valence-corrected chi connectivity index (χ2v) is 4.11. The first-order chi connectivity index (χ1) is 8.67. The number of halogens is 1. The quantitative estimate of drug-likeness (QED) is 0.467. The Labute approximate surface area is 132 Å². The summed E-state index contributed by atoms with van der Waals surface area (Å²) in [5.41, 5.74) is 0.967. The van der Waals surface area contributed by atoms with Crippen molar-refractivity contribution in [1.29, 1.82) is 0 Å². The van der Waals surface area contributed by atoms with Gasteiger partial charge in [0.15, 0.2) is 5.96 Å². The molecule has 6 heteroatoms. The second kappa shape index (κ2) is 9.82. The van der Waals surface area contributed by atoms with Gasteiger partial charge in [0, 0.05) is 27.2 Å². The van der Waals surface area contributed by atoms with Crippen LogP contribution in [0.3, 0.4) is 0 Å². The predicted octanol–water partition coefficient (Wildman–Crippen LogP) is 1.84. The largest absolute Gasteiger partial charge is 0.363 e. The number of pyridine rings is 1. The Morgan fingerprint density at radius 2 is 1.84 bits per heavy atom. The number of aliphatic imine (C=N–C) groups is 1. The summed E-state index contributed by atoms with van der Waals surface area (Å²) in [4.78, 5) is 11.0. The van der Waals surface area contributed by atoms with Crippen molar-refractivity contribution in [3.8, 4) is 0 Å². The van der Waals surface area contributed by atoms with E-state index in [0.29, 0.717) is 6.54 Å². The zero-order valence-corrected chi connectivity index (χ0v) is 14.4. The van der Waals surface area contributed by atoms with E-state index in [4.69, 9.17) is 0 Å². The molecule has 0 atom stereocenters. The molecule has 0 radical (unpaired) electrons. The minimum absolute atomic E-state index is 0. The van der Waals surface area contributed by atoms with Crippen LogP contribution in [0.5, 0.6) is 0 Å². The van der Waals surface area contributed by atoms with Gasteiger partial charge in [-0.2, -0.15) is 0 Å². The number of hydrogen-bond donors (Lipinski definition) is 2. The van der Waals surface area contributed by atoms with Crippen LogP contribution in [-0.4, -0.2) is 38.1 Å². The number of aromatic nitrogens is 1. The first-order valence-corrected chi connectivity index (χ1v) is 6.32. The van der Waals surface area contributed by atoms with E-state index in [0.717, 1.165) is 30.6 Å². The molecule has 0 saturated carbocycles. The highest BCUT2D eigenvalue weighted by molar-refractivity contribution is 14.0. The lowest BCUT2D eigenvalue weighted by atomic mass is 10.3. The highest BCUT2D eigenvalue weighted by atomic mass is 127. The van der Waals surface area contributed by atoms with Crippen molar-refractivity contribution in [2.75, 3.05) is 32.1 Å². The van der Waals surface area contributed by atoms with E-state index in [2.05, 4.69) is 34.5 Å². The molecule has 1 aromatic rings. The Bertz CT molecular complexity index is 384. The topological polar surface area (TPSA) is 52.6 Å². The monoisotopic (exact) mass is 377 g/mol. The summed E-state index contributed by atoms with van der Waals surface area (Å²) in [6.07, 6.45) is 0. The van der Waals surface area contributed by atoms with Crippen LogP contribution < -0.4 is 15.5 Å². The van der Waals surface area contributed by atoms with Crippen LogP contribution in [-0.2, 0) is 6.54 Å². The fourth-order valence-corrected chi connectivity index (χ4v) is 1.47. The summed E-state index contributed by atoms with van der Waals surface area (Å²) >= 11 is 0. The lowest BCUT2D eigenvalue weighted by molar-refractivity contribution is 0.833. The molecule has 0 saturated heterocycles. The van der Waals surface area contributed by atoms with Crippen LogP contribution in [0.4, 0.5) is 5.82 Å².